The standard InChI is InChI=1S/Cl3F3Si2/c1-7(2,3)8(4,5)6. The third-order valence-electron chi connectivity index (χ3n) is 0.321. The Bertz CT molecular complexity index is 67.5. The van der Waals surface area contributed by atoms with Gasteiger partial charge in [-0.1, -0.05) is 0 Å². The number of rotatable bonds is 1. The van der Waals surface area contributed by atoms with Crippen molar-refractivity contribution in [2.75, 3.05) is 0 Å². The fourth-order valence-corrected chi connectivity index (χ4v) is 0. The normalized spacial score (nSPS) is 14.2. The maximum Gasteiger partial charge on any atom is 0.638 e. The van der Waals surface area contributed by atoms with Crippen LogP contribution in [0.4, 0.5) is 12.3 Å². The van der Waals surface area contributed by atoms with Crippen LogP contribution in [0.15, 0.2) is 0 Å². The van der Waals surface area contributed by atoms with E-state index in [9.17, 15) is 12.3 Å². The smallest absolute Gasteiger partial charge is 0.238 e. The fourth-order valence-electron chi connectivity index (χ4n) is 0. The van der Waals surface area contributed by atoms with E-state index in [-0.39, 0.29) is 0 Å². The molecule has 0 rings (SSSR count). The second kappa shape index (κ2) is 2.38. The first-order chi connectivity index (χ1) is 3.25. The predicted octanol–water partition coefficient (Wildman–Crippen LogP) is 2.57. The molecule has 0 aliphatic rings. The van der Waals surface area contributed by atoms with E-state index in [1.54, 1.807) is 0 Å². The molecule has 0 N–H and O–H groups in total. The third kappa shape index (κ3) is 2.59. The Morgan fingerprint density at radius 3 is 1.00 bits per heavy atom. The summed E-state index contributed by atoms with van der Waals surface area (Å²) in [6.45, 7) is 0. The molecule has 0 aromatic carbocycles. The highest BCUT2D eigenvalue weighted by molar-refractivity contribution is 7.86. The minimum Gasteiger partial charge on any atom is -0.238 e. The molecule has 0 atom stereocenters. The minimum atomic E-state index is -5.92. The van der Waals surface area contributed by atoms with E-state index in [4.69, 9.17) is 0 Å². The molecule has 0 nitrogen and oxygen atoms in total. The van der Waals surface area contributed by atoms with E-state index in [0.29, 0.717) is 0 Å². The van der Waals surface area contributed by atoms with E-state index in [2.05, 4.69) is 33.2 Å². The lowest BCUT2D eigenvalue weighted by Gasteiger charge is -2.06. The molecule has 8 heteroatoms. The van der Waals surface area contributed by atoms with Gasteiger partial charge in [0.2, 0.25) is 0 Å². The minimum absolute atomic E-state index is 4.30. The van der Waals surface area contributed by atoms with Gasteiger partial charge in [0.05, 0.1) is 0 Å². The molecule has 0 amide bonds. The topological polar surface area (TPSA) is 0 Å². The maximum absolute atomic E-state index is 11.4. The first-order valence-electron chi connectivity index (χ1n) is 1.38. The van der Waals surface area contributed by atoms with Crippen LogP contribution in [-0.2, 0) is 0 Å². The first kappa shape index (κ1) is 9.09. The average molecular weight is 220 g/mol. The van der Waals surface area contributed by atoms with Crippen LogP contribution in [0.1, 0.15) is 0 Å². The number of hydrogen-bond donors (Lipinski definition) is 0. The molecule has 0 unspecified atom stereocenters. The van der Waals surface area contributed by atoms with Crippen molar-refractivity contribution in [2.45, 2.75) is 0 Å². The molecule has 0 aromatic heterocycles. The van der Waals surface area contributed by atoms with Crippen molar-refractivity contribution >= 4 is 47.4 Å². The van der Waals surface area contributed by atoms with Crippen molar-refractivity contribution in [3.63, 3.8) is 0 Å². The van der Waals surface area contributed by atoms with Crippen molar-refractivity contribution in [1.29, 1.82) is 0 Å². The summed E-state index contributed by atoms with van der Waals surface area (Å²) in [7, 11) is -5.92. The zero-order valence-electron chi connectivity index (χ0n) is 3.27. The molecule has 0 fully saturated rings. The first-order valence-corrected chi connectivity index (χ1v) is 9.05. The van der Waals surface area contributed by atoms with E-state index >= 15 is 0 Å². The van der Waals surface area contributed by atoms with Gasteiger partial charge in [-0.25, -0.2) is 12.3 Å². The average Bonchev–Trinajstić information content (AvgIpc) is 1.25. The quantitative estimate of drug-likeness (QED) is 0.470. The molecule has 0 aromatic rings. The molecule has 0 saturated heterocycles. The lowest BCUT2D eigenvalue weighted by atomic mass is 18.7. The van der Waals surface area contributed by atoms with Gasteiger partial charge in [0, 0.05) is 0 Å². The molecule has 0 aliphatic carbocycles. The van der Waals surface area contributed by atoms with Crippen LogP contribution in [0.2, 0.25) is 0 Å². The zero-order valence-corrected chi connectivity index (χ0v) is 7.54. The number of halogens is 6. The molecular formula is Cl3F3Si2. The predicted molar refractivity (Wildman–Crippen MR) is 32.4 cm³/mol. The van der Waals surface area contributed by atoms with Crippen LogP contribution in [-0.4, -0.2) is 14.1 Å². The van der Waals surface area contributed by atoms with Crippen LogP contribution in [0.3, 0.4) is 0 Å². The maximum atomic E-state index is 11.4. The SMILES string of the molecule is F[Si](F)(F)[Si](Cl)(Cl)Cl. The van der Waals surface area contributed by atoms with Crippen LogP contribution >= 0.6 is 33.2 Å². The van der Waals surface area contributed by atoms with Gasteiger partial charge in [-0.2, -0.15) is 0 Å². The van der Waals surface area contributed by atoms with Gasteiger partial charge in [0.25, 0.3) is 0 Å². The Morgan fingerprint density at radius 1 is 0.875 bits per heavy atom. The summed E-state index contributed by atoms with van der Waals surface area (Å²) in [5, 5.41) is 0. The third-order valence-corrected chi connectivity index (χ3v) is 8.68. The Morgan fingerprint density at radius 2 is 1.00 bits per heavy atom. The second-order valence-corrected chi connectivity index (χ2v) is 16.6. The van der Waals surface area contributed by atoms with Gasteiger partial charge in [0.15, 0.2) is 0 Å². The van der Waals surface area contributed by atoms with Gasteiger partial charge in [-0.3, -0.25) is 0 Å². The molecular weight excluding hydrogens is 220 g/mol. The molecule has 0 bridgehead atoms. The molecule has 50 valence electrons. The van der Waals surface area contributed by atoms with E-state index < -0.39 is 14.1 Å². The van der Waals surface area contributed by atoms with Gasteiger partial charge in [-0.15, -0.1) is 33.2 Å². The van der Waals surface area contributed by atoms with Crippen molar-refractivity contribution < 1.29 is 12.3 Å². The summed E-state index contributed by atoms with van der Waals surface area (Å²) in [5.74, 6) is 0. The fraction of sp³-hybridized carbons (Fsp3) is 0. The van der Waals surface area contributed by atoms with Crippen molar-refractivity contribution in [3.8, 4) is 0 Å². The van der Waals surface area contributed by atoms with E-state index in [1.807, 2.05) is 0 Å². The van der Waals surface area contributed by atoms with Crippen LogP contribution in [0, 0.1) is 0 Å². The summed E-state index contributed by atoms with van der Waals surface area (Å²) in [6, 6.07) is 0. The summed E-state index contributed by atoms with van der Waals surface area (Å²) in [5.41, 5.74) is -4.30. The zero-order chi connectivity index (χ0) is 7.00. The highest BCUT2D eigenvalue weighted by atomic mass is 35.8. The van der Waals surface area contributed by atoms with Gasteiger partial charge >= 0.3 is 14.1 Å². The second-order valence-electron chi connectivity index (χ2n) is 0.996. The summed E-state index contributed by atoms with van der Waals surface area (Å²) >= 11 is 13.8. The summed E-state index contributed by atoms with van der Waals surface area (Å²) in [4.78, 5) is 0. The van der Waals surface area contributed by atoms with E-state index in [1.165, 1.54) is 0 Å². The monoisotopic (exact) mass is 218 g/mol. The van der Waals surface area contributed by atoms with Crippen LogP contribution < -0.4 is 0 Å². The van der Waals surface area contributed by atoms with E-state index in [0.717, 1.165) is 0 Å². The Labute approximate surface area is 60.0 Å². The lowest BCUT2D eigenvalue weighted by Crippen LogP contribution is -2.40. The van der Waals surface area contributed by atoms with Crippen molar-refractivity contribution in [2.24, 2.45) is 0 Å². The van der Waals surface area contributed by atoms with Crippen LogP contribution in [0.25, 0.3) is 0 Å². The molecule has 0 heterocycles. The van der Waals surface area contributed by atoms with Gasteiger partial charge in [-0.05, 0) is 0 Å². The summed E-state index contributed by atoms with van der Waals surface area (Å²) in [6.07, 6.45) is 0. The van der Waals surface area contributed by atoms with Gasteiger partial charge < -0.3 is 0 Å². The van der Waals surface area contributed by atoms with Crippen LogP contribution in [0.5, 0.6) is 0 Å². The number of hydrogen-bond acceptors (Lipinski definition) is 0. The molecule has 0 radical (unpaired) electrons. The Balaban J connectivity index is 4.02. The Hall–Kier alpha value is 1.09. The molecule has 0 aliphatic heterocycles. The van der Waals surface area contributed by atoms with Crippen molar-refractivity contribution in [1.82, 2.24) is 0 Å². The highest BCUT2D eigenvalue weighted by Gasteiger charge is 2.62. The summed E-state index contributed by atoms with van der Waals surface area (Å²) < 4.78 is 34.1. The molecule has 0 saturated carbocycles. The molecule has 0 spiro atoms. The van der Waals surface area contributed by atoms with Gasteiger partial charge in [0.1, 0.15) is 0 Å². The largest absolute Gasteiger partial charge is 0.638 e. The molecule has 8 heavy (non-hydrogen) atoms. The lowest BCUT2D eigenvalue weighted by molar-refractivity contribution is 0.513. The van der Waals surface area contributed by atoms with Crippen molar-refractivity contribution in [3.05, 3.63) is 0 Å². The highest BCUT2D eigenvalue weighted by Crippen LogP contribution is 2.33. The Kier molecular flexibility index (Phi) is 2.70.